The second-order valence-electron chi connectivity index (χ2n) is 5.59. The Hall–Kier alpha value is -3.03. The maximum absolute atomic E-state index is 12.7. The number of carbonyl (C=O) groups is 1. The highest BCUT2D eigenvalue weighted by Gasteiger charge is 2.30. The molecule has 1 N–H and O–H groups in total. The molecule has 26 heavy (non-hydrogen) atoms. The summed E-state index contributed by atoms with van der Waals surface area (Å²) in [7, 11) is 0. The molecule has 0 aliphatic heterocycles. The quantitative estimate of drug-likeness (QED) is 0.742. The normalized spacial score (nSPS) is 11.5. The van der Waals surface area contributed by atoms with Crippen LogP contribution in [0.3, 0.4) is 0 Å². The largest absolute Gasteiger partial charge is 0.463 e. The van der Waals surface area contributed by atoms with Crippen LogP contribution >= 0.6 is 0 Å². The number of benzene rings is 1. The van der Waals surface area contributed by atoms with E-state index < -0.39 is 17.6 Å². The van der Waals surface area contributed by atoms with Crippen molar-refractivity contribution < 1.29 is 22.4 Å². The second kappa shape index (κ2) is 7.07. The number of carbonyl (C=O) groups excluding carboxylic acids is 1. The molecule has 0 fully saturated rings. The average Bonchev–Trinajstić information content (AvgIpc) is 3.28. The number of amides is 1. The van der Waals surface area contributed by atoms with E-state index in [2.05, 4.69) is 10.4 Å². The number of nitrogens with one attached hydrogen (secondary N) is 1. The van der Waals surface area contributed by atoms with Crippen LogP contribution in [-0.2, 0) is 19.3 Å². The summed E-state index contributed by atoms with van der Waals surface area (Å²) in [6.45, 7) is 2.39. The van der Waals surface area contributed by atoms with Crippen LogP contribution in [-0.4, -0.2) is 15.7 Å². The Morgan fingerprint density at radius 2 is 2.04 bits per heavy atom. The summed E-state index contributed by atoms with van der Waals surface area (Å²) in [5.74, 6) is 0.110. The van der Waals surface area contributed by atoms with Crippen molar-refractivity contribution in [3.05, 3.63) is 65.5 Å². The van der Waals surface area contributed by atoms with Crippen molar-refractivity contribution in [2.45, 2.75) is 26.2 Å². The predicted molar refractivity (Wildman–Crippen MR) is 88.2 cm³/mol. The van der Waals surface area contributed by atoms with Crippen molar-refractivity contribution in [1.82, 2.24) is 15.1 Å². The van der Waals surface area contributed by atoms with E-state index in [4.69, 9.17) is 4.42 Å². The lowest BCUT2D eigenvalue weighted by Gasteiger charge is -2.09. The van der Waals surface area contributed by atoms with Gasteiger partial charge in [0.15, 0.2) is 11.5 Å². The molecule has 0 spiro atoms. The smallest absolute Gasteiger partial charge is 0.416 e. The van der Waals surface area contributed by atoms with Crippen molar-refractivity contribution in [3.63, 3.8) is 0 Å². The summed E-state index contributed by atoms with van der Waals surface area (Å²) >= 11 is 0. The Balaban J connectivity index is 1.73. The molecular formula is C18H16F3N3O2. The van der Waals surface area contributed by atoms with Gasteiger partial charge in [0.05, 0.1) is 11.8 Å². The van der Waals surface area contributed by atoms with Crippen LogP contribution in [0.15, 0.2) is 53.1 Å². The molecule has 0 aliphatic carbocycles. The fourth-order valence-electron chi connectivity index (χ4n) is 2.52. The van der Waals surface area contributed by atoms with Gasteiger partial charge in [-0.25, -0.2) is 0 Å². The third-order valence-electron chi connectivity index (χ3n) is 3.79. The van der Waals surface area contributed by atoms with Crippen LogP contribution < -0.4 is 5.32 Å². The zero-order valence-electron chi connectivity index (χ0n) is 13.9. The molecule has 0 atom stereocenters. The molecule has 2 aromatic heterocycles. The van der Waals surface area contributed by atoms with Crippen LogP contribution in [0, 0.1) is 0 Å². The van der Waals surface area contributed by atoms with Crippen molar-refractivity contribution >= 4 is 5.91 Å². The summed E-state index contributed by atoms with van der Waals surface area (Å²) in [4.78, 5) is 12.3. The first-order chi connectivity index (χ1) is 12.4. The van der Waals surface area contributed by atoms with Gasteiger partial charge in [0.2, 0.25) is 0 Å². The van der Waals surface area contributed by atoms with E-state index >= 15 is 0 Å². The maximum atomic E-state index is 12.7. The number of furan rings is 1. The molecule has 3 rings (SSSR count). The van der Waals surface area contributed by atoms with Crippen LogP contribution in [0.1, 0.15) is 28.5 Å². The van der Waals surface area contributed by atoms with Crippen molar-refractivity contribution in [2.75, 3.05) is 0 Å². The van der Waals surface area contributed by atoms with E-state index in [0.29, 0.717) is 23.6 Å². The standard InChI is InChI=1S/C18H16F3N3O2/c1-2-24-15(16-7-4-8-26-16)10-14(23-24)17(25)22-11-12-5-3-6-13(9-12)18(19,20)21/h3-10H,2,11H2,1H3,(H,22,25). The highest BCUT2D eigenvalue weighted by molar-refractivity contribution is 5.93. The lowest BCUT2D eigenvalue weighted by molar-refractivity contribution is -0.137. The van der Waals surface area contributed by atoms with E-state index in [9.17, 15) is 18.0 Å². The van der Waals surface area contributed by atoms with Crippen LogP contribution in [0.25, 0.3) is 11.5 Å². The molecule has 0 unspecified atom stereocenters. The SMILES string of the molecule is CCn1nc(C(=O)NCc2cccc(C(F)(F)F)c2)cc1-c1ccco1. The molecule has 8 heteroatoms. The number of halogens is 3. The molecular weight excluding hydrogens is 347 g/mol. The van der Waals surface area contributed by atoms with Gasteiger partial charge in [-0.2, -0.15) is 18.3 Å². The van der Waals surface area contributed by atoms with E-state index in [1.807, 2.05) is 6.92 Å². The van der Waals surface area contributed by atoms with E-state index in [1.165, 1.54) is 18.4 Å². The highest BCUT2D eigenvalue weighted by atomic mass is 19.4. The first kappa shape index (κ1) is 17.8. The summed E-state index contributed by atoms with van der Waals surface area (Å²) in [5.41, 5.74) is 0.431. The van der Waals surface area contributed by atoms with E-state index in [-0.39, 0.29) is 12.2 Å². The first-order valence-electron chi connectivity index (χ1n) is 7.94. The van der Waals surface area contributed by atoms with Gasteiger partial charge in [-0.3, -0.25) is 9.48 Å². The minimum atomic E-state index is -4.42. The minimum absolute atomic E-state index is 0.0299. The van der Waals surface area contributed by atoms with Gasteiger partial charge < -0.3 is 9.73 Å². The summed E-state index contributed by atoms with van der Waals surface area (Å²) in [6, 6.07) is 9.91. The Morgan fingerprint density at radius 1 is 1.23 bits per heavy atom. The number of nitrogens with zero attached hydrogens (tertiary/aromatic N) is 2. The van der Waals surface area contributed by atoms with Crippen molar-refractivity contribution in [2.24, 2.45) is 0 Å². The molecule has 136 valence electrons. The molecule has 0 saturated heterocycles. The molecule has 1 amide bonds. The Kier molecular flexibility index (Phi) is 4.83. The topological polar surface area (TPSA) is 60.1 Å². The number of aromatic nitrogens is 2. The lowest BCUT2D eigenvalue weighted by atomic mass is 10.1. The predicted octanol–water partition coefficient (Wildman–Crippen LogP) is 4.11. The average molecular weight is 363 g/mol. The zero-order valence-corrected chi connectivity index (χ0v) is 13.9. The monoisotopic (exact) mass is 363 g/mol. The third kappa shape index (κ3) is 3.79. The number of aryl methyl sites for hydroxylation is 1. The van der Waals surface area contributed by atoms with Crippen LogP contribution in [0.4, 0.5) is 13.2 Å². The highest BCUT2D eigenvalue weighted by Crippen LogP contribution is 2.29. The van der Waals surface area contributed by atoms with Crippen molar-refractivity contribution in [1.29, 1.82) is 0 Å². The summed E-state index contributed by atoms with van der Waals surface area (Å²) in [6.07, 6.45) is -2.90. The van der Waals surface area contributed by atoms with Gasteiger partial charge in [-0.15, -0.1) is 0 Å². The molecule has 5 nitrogen and oxygen atoms in total. The first-order valence-corrected chi connectivity index (χ1v) is 7.94. The number of hydrogen-bond acceptors (Lipinski definition) is 3. The Bertz CT molecular complexity index is 899. The third-order valence-corrected chi connectivity index (χ3v) is 3.79. The molecule has 2 heterocycles. The van der Waals surface area contributed by atoms with Gasteiger partial charge in [-0.1, -0.05) is 12.1 Å². The molecule has 3 aromatic rings. The number of rotatable bonds is 5. The van der Waals surface area contributed by atoms with Crippen LogP contribution in [0.5, 0.6) is 0 Å². The Morgan fingerprint density at radius 3 is 2.69 bits per heavy atom. The van der Waals surface area contributed by atoms with Gasteiger partial charge in [0, 0.05) is 19.2 Å². The molecule has 0 bridgehead atoms. The number of hydrogen-bond donors (Lipinski definition) is 1. The van der Waals surface area contributed by atoms with Crippen LogP contribution in [0.2, 0.25) is 0 Å². The zero-order chi connectivity index (χ0) is 18.7. The van der Waals surface area contributed by atoms with Gasteiger partial charge in [-0.05, 0) is 36.8 Å². The molecule has 0 aliphatic rings. The van der Waals surface area contributed by atoms with E-state index in [1.54, 1.807) is 22.9 Å². The van der Waals surface area contributed by atoms with Gasteiger partial charge in [0.25, 0.3) is 5.91 Å². The second-order valence-corrected chi connectivity index (χ2v) is 5.59. The summed E-state index contributed by atoms with van der Waals surface area (Å²) < 4.78 is 45.2. The lowest BCUT2D eigenvalue weighted by Crippen LogP contribution is -2.23. The minimum Gasteiger partial charge on any atom is -0.463 e. The molecule has 0 radical (unpaired) electrons. The van der Waals surface area contributed by atoms with E-state index in [0.717, 1.165) is 12.1 Å². The molecule has 1 aromatic carbocycles. The summed E-state index contributed by atoms with van der Waals surface area (Å²) in [5, 5.41) is 6.81. The fourth-order valence-corrected chi connectivity index (χ4v) is 2.52. The fraction of sp³-hybridized carbons (Fsp3) is 0.222. The van der Waals surface area contributed by atoms with Gasteiger partial charge in [0.1, 0.15) is 5.69 Å². The number of alkyl halides is 3. The molecule has 0 saturated carbocycles. The van der Waals surface area contributed by atoms with Crippen molar-refractivity contribution in [3.8, 4) is 11.5 Å². The maximum Gasteiger partial charge on any atom is 0.416 e. The Labute approximate surface area is 147 Å². The van der Waals surface area contributed by atoms with Gasteiger partial charge >= 0.3 is 6.18 Å².